The predicted molar refractivity (Wildman–Crippen MR) is 59.8 cm³/mol. The van der Waals surface area contributed by atoms with Gasteiger partial charge in [-0.25, -0.2) is 14.4 Å². The fourth-order valence-electron chi connectivity index (χ4n) is 0.998. The van der Waals surface area contributed by atoms with Crippen LogP contribution < -0.4 is 5.73 Å². The Kier molecular flexibility index (Phi) is 3.21. The molecule has 0 spiro atoms. The van der Waals surface area contributed by atoms with E-state index in [0.29, 0.717) is 9.92 Å². The quantitative estimate of drug-likeness (QED) is 0.894. The number of nitrogens with zero attached hydrogens (tertiary/aromatic N) is 3. The van der Waals surface area contributed by atoms with Crippen molar-refractivity contribution in [3.8, 4) is 0 Å². The fourth-order valence-corrected chi connectivity index (χ4v) is 1.88. The second-order valence-corrected chi connectivity index (χ2v) is 4.21. The molecule has 0 bridgehead atoms. The Balaban J connectivity index is 2.31. The lowest BCUT2D eigenvalue weighted by Crippen LogP contribution is -1.96. The molecule has 0 aromatic carbocycles. The first-order chi connectivity index (χ1) is 7.66. The van der Waals surface area contributed by atoms with Gasteiger partial charge in [-0.1, -0.05) is 23.4 Å². The third-order valence-corrected chi connectivity index (χ3v) is 2.92. The van der Waals surface area contributed by atoms with Gasteiger partial charge in [-0.15, -0.1) is 0 Å². The normalized spacial score (nSPS) is 10.4. The van der Waals surface area contributed by atoms with Gasteiger partial charge in [0.1, 0.15) is 10.2 Å². The molecular formula is C9H6ClFN4S. The second-order valence-electron chi connectivity index (χ2n) is 2.79. The Bertz CT molecular complexity index is 523. The molecule has 2 aromatic rings. The SMILES string of the molecule is Nc1nc(Cl)cnc1Sc1ccncc1F. The smallest absolute Gasteiger partial charge is 0.158 e. The molecule has 4 nitrogen and oxygen atoms in total. The third kappa shape index (κ3) is 2.40. The molecule has 0 fully saturated rings. The first-order valence-corrected chi connectivity index (χ1v) is 5.41. The highest BCUT2D eigenvalue weighted by molar-refractivity contribution is 7.99. The van der Waals surface area contributed by atoms with Gasteiger partial charge in [0.05, 0.1) is 17.3 Å². The van der Waals surface area contributed by atoms with Crippen LogP contribution in [-0.2, 0) is 0 Å². The summed E-state index contributed by atoms with van der Waals surface area (Å²) >= 11 is 6.68. The first-order valence-electron chi connectivity index (χ1n) is 4.22. The minimum Gasteiger partial charge on any atom is -0.381 e. The van der Waals surface area contributed by atoms with Crippen molar-refractivity contribution in [2.45, 2.75) is 9.92 Å². The Morgan fingerprint density at radius 3 is 2.88 bits per heavy atom. The van der Waals surface area contributed by atoms with E-state index in [0.717, 1.165) is 18.0 Å². The summed E-state index contributed by atoms with van der Waals surface area (Å²) in [5, 5.41) is 0.617. The summed E-state index contributed by atoms with van der Waals surface area (Å²) in [6.07, 6.45) is 3.98. The molecule has 0 saturated heterocycles. The van der Waals surface area contributed by atoms with Crippen LogP contribution >= 0.6 is 23.4 Å². The van der Waals surface area contributed by atoms with E-state index in [2.05, 4.69) is 15.0 Å². The van der Waals surface area contributed by atoms with Crippen LogP contribution in [0.3, 0.4) is 0 Å². The number of nitrogens with two attached hydrogens (primary N) is 1. The van der Waals surface area contributed by atoms with Crippen LogP contribution in [0.15, 0.2) is 34.6 Å². The van der Waals surface area contributed by atoms with Gasteiger partial charge in [-0.2, -0.15) is 0 Å². The number of pyridine rings is 1. The Labute approximate surface area is 100 Å². The van der Waals surface area contributed by atoms with Crippen LogP contribution in [0.5, 0.6) is 0 Å². The monoisotopic (exact) mass is 256 g/mol. The van der Waals surface area contributed by atoms with Gasteiger partial charge in [-0.3, -0.25) is 4.98 Å². The maximum absolute atomic E-state index is 13.3. The van der Waals surface area contributed by atoms with E-state index in [9.17, 15) is 4.39 Å². The van der Waals surface area contributed by atoms with E-state index < -0.39 is 5.82 Å². The number of hydrogen-bond donors (Lipinski definition) is 1. The zero-order valence-corrected chi connectivity index (χ0v) is 9.46. The number of aromatic nitrogens is 3. The summed E-state index contributed by atoms with van der Waals surface area (Å²) in [6, 6.07) is 1.54. The fraction of sp³-hybridized carbons (Fsp3) is 0. The van der Waals surface area contributed by atoms with E-state index >= 15 is 0 Å². The minimum absolute atomic E-state index is 0.175. The van der Waals surface area contributed by atoms with E-state index in [1.807, 2.05) is 0 Å². The van der Waals surface area contributed by atoms with Gasteiger partial charge in [0.15, 0.2) is 11.6 Å². The van der Waals surface area contributed by atoms with Crippen molar-refractivity contribution < 1.29 is 4.39 Å². The van der Waals surface area contributed by atoms with Gasteiger partial charge in [0.25, 0.3) is 0 Å². The predicted octanol–water partition coefficient (Wildman–Crippen LogP) is 2.40. The number of rotatable bonds is 2. The summed E-state index contributed by atoms with van der Waals surface area (Å²) < 4.78 is 13.3. The van der Waals surface area contributed by atoms with Crippen LogP contribution in [0.1, 0.15) is 0 Å². The highest BCUT2D eigenvalue weighted by Gasteiger charge is 2.09. The molecule has 0 unspecified atom stereocenters. The maximum atomic E-state index is 13.3. The van der Waals surface area contributed by atoms with E-state index in [4.69, 9.17) is 17.3 Å². The number of halogens is 2. The van der Waals surface area contributed by atoms with Crippen molar-refractivity contribution in [2.24, 2.45) is 0 Å². The molecule has 2 N–H and O–H groups in total. The van der Waals surface area contributed by atoms with Gasteiger partial charge in [0.2, 0.25) is 0 Å². The molecule has 0 amide bonds. The average Bonchev–Trinajstić information content (AvgIpc) is 2.25. The molecular weight excluding hydrogens is 251 g/mol. The Morgan fingerprint density at radius 1 is 1.38 bits per heavy atom. The molecule has 0 aliphatic heterocycles. The number of hydrogen-bond acceptors (Lipinski definition) is 5. The summed E-state index contributed by atoms with van der Waals surface area (Å²) in [6.45, 7) is 0. The topological polar surface area (TPSA) is 64.7 Å². The van der Waals surface area contributed by atoms with Crippen LogP contribution in [0.4, 0.5) is 10.2 Å². The summed E-state index contributed by atoms with van der Waals surface area (Å²) in [7, 11) is 0. The molecule has 0 radical (unpaired) electrons. The number of anilines is 1. The lowest BCUT2D eigenvalue weighted by atomic mass is 10.5. The third-order valence-electron chi connectivity index (χ3n) is 1.68. The highest BCUT2D eigenvalue weighted by Crippen LogP contribution is 2.30. The molecule has 0 aliphatic carbocycles. The van der Waals surface area contributed by atoms with Crippen LogP contribution in [0, 0.1) is 5.82 Å². The molecule has 0 saturated carbocycles. The largest absolute Gasteiger partial charge is 0.381 e. The molecule has 2 rings (SSSR count). The molecule has 16 heavy (non-hydrogen) atoms. The van der Waals surface area contributed by atoms with Crippen molar-refractivity contribution in [2.75, 3.05) is 5.73 Å². The van der Waals surface area contributed by atoms with E-state index in [1.165, 1.54) is 18.5 Å². The number of nitrogen functional groups attached to an aromatic ring is 1. The molecule has 2 heterocycles. The zero-order chi connectivity index (χ0) is 11.5. The molecule has 0 aliphatic rings. The van der Waals surface area contributed by atoms with Crippen molar-refractivity contribution >= 4 is 29.2 Å². The van der Waals surface area contributed by atoms with Crippen molar-refractivity contribution in [1.29, 1.82) is 0 Å². The maximum Gasteiger partial charge on any atom is 0.158 e. The molecule has 7 heteroatoms. The minimum atomic E-state index is -0.427. The van der Waals surface area contributed by atoms with Crippen molar-refractivity contribution in [3.05, 3.63) is 35.6 Å². The Morgan fingerprint density at radius 2 is 2.19 bits per heavy atom. The zero-order valence-electron chi connectivity index (χ0n) is 7.89. The first kappa shape index (κ1) is 11.1. The van der Waals surface area contributed by atoms with Crippen LogP contribution in [-0.4, -0.2) is 15.0 Å². The van der Waals surface area contributed by atoms with Crippen LogP contribution in [0.25, 0.3) is 0 Å². The standard InChI is InChI=1S/C9H6ClFN4S/c10-7-4-14-9(8(12)15-7)16-6-1-2-13-3-5(6)11/h1-4H,(H2,12,15). The van der Waals surface area contributed by atoms with E-state index in [1.54, 1.807) is 0 Å². The van der Waals surface area contributed by atoms with Crippen molar-refractivity contribution in [1.82, 2.24) is 15.0 Å². The summed E-state index contributed by atoms with van der Waals surface area (Å²) in [5.41, 5.74) is 5.60. The van der Waals surface area contributed by atoms with Gasteiger partial charge < -0.3 is 5.73 Å². The Hall–Kier alpha value is -1.40. The summed E-state index contributed by atoms with van der Waals surface area (Å²) in [5.74, 6) is -0.252. The summed E-state index contributed by atoms with van der Waals surface area (Å²) in [4.78, 5) is 11.8. The van der Waals surface area contributed by atoms with Gasteiger partial charge in [0, 0.05) is 6.20 Å². The van der Waals surface area contributed by atoms with Gasteiger partial charge in [-0.05, 0) is 6.07 Å². The van der Waals surface area contributed by atoms with Gasteiger partial charge >= 0.3 is 0 Å². The lowest BCUT2D eigenvalue weighted by molar-refractivity contribution is 0.595. The molecule has 2 aromatic heterocycles. The lowest BCUT2D eigenvalue weighted by Gasteiger charge is -2.03. The molecule has 82 valence electrons. The molecule has 0 atom stereocenters. The van der Waals surface area contributed by atoms with Crippen molar-refractivity contribution in [3.63, 3.8) is 0 Å². The van der Waals surface area contributed by atoms with E-state index in [-0.39, 0.29) is 11.0 Å². The van der Waals surface area contributed by atoms with Crippen LogP contribution in [0.2, 0.25) is 5.15 Å². The second kappa shape index (κ2) is 4.63. The average molecular weight is 257 g/mol. The highest BCUT2D eigenvalue weighted by atomic mass is 35.5.